The number of carbonyl (C=O) groups excluding carboxylic acids is 2. The number of amides is 2. The molecule has 1 aliphatic carbocycles. The molecule has 2 aliphatic rings. The molecule has 2 rings (SSSR count). The van der Waals surface area contributed by atoms with E-state index in [0.717, 1.165) is 25.7 Å². The van der Waals surface area contributed by atoms with Gasteiger partial charge in [0.1, 0.15) is 6.10 Å². The van der Waals surface area contributed by atoms with Crippen LogP contribution in [0.4, 0.5) is 0 Å². The molecule has 0 spiro atoms. The van der Waals surface area contributed by atoms with E-state index in [9.17, 15) is 9.59 Å². The van der Waals surface area contributed by atoms with E-state index in [1.165, 1.54) is 0 Å². The maximum atomic E-state index is 12.1. The summed E-state index contributed by atoms with van der Waals surface area (Å²) in [6.45, 7) is 0.441. The number of nitrogens with two attached hydrogens (primary N) is 2. The Bertz CT molecular complexity index is 347. The van der Waals surface area contributed by atoms with E-state index in [1.807, 2.05) is 0 Å². The van der Waals surface area contributed by atoms with Crippen LogP contribution in [-0.4, -0.2) is 36.1 Å². The lowest BCUT2D eigenvalue weighted by Gasteiger charge is -2.42. The minimum atomic E-state index is -0.427. The van der Waals surface area contributed by atoms with Crippen molar-refractivity contribution in [1.82, 2.24) is 5.32 Å². The van der Waals surface area contributed by atoms with Gasteiger partial charge in [-0.2, -0.15) is 0 Å². The van der Waals surface area contributed by atoms with Crippen LogP contribution >= 0.6 is 12.4 Å². The molecule has 0 aromatic rings. The molecule has 1 aliphatic heterocycles. The molecule has 19 heavy (non-hydrogen) atoms. The van der Waals surface area contributed by atoms with Crippen molar-refractivity contribution in [2.75, 3.05) is 6.54 Å². The fourth-order valence-electron chi connectivity index (χ4n) is 2.70. The third-order valence-electron chi connectivity index (χ3n) is 3.87. The first kappa shape index (κ1) is 16.2. The Morgan fingerprint density at radius 2 is 2.00 bits per heavy atom. The van der Waals surface area contributed by atoms with E-state index in [-0.39, 0.29) is 36.7 Å². The summed E-state index contributed by atoms with van der Waals surface area (Å²) >= 11 is 0. The lowest BCUT2D eigenvalue weighted by atomic mass is 9.74. The monoisotopic (exact) mass is 291 g/mol. The molecule has 7 heteroatoms. The number of nitrogens with one attached hydrogen (secondary N) is 1. The van der Waals surface area contributed by atoms with Gasteiger partial charge in [0.25, 0.3) is 0 Å². The molecule has 0 aromatic heterocycles. The SMILES string of the molecule is Cl.NC[C@H]1CC[C@@H](C(=O)NC2(CC(N)=O)CCC2)O1. The molecule has 0 aromatic carbocycles. The Hall–Kier alpha value is -0.850. The minimum absolute atomic E-state index is 0. The molecule has 2 fully saturated rings. The van der Waals surface area contributed by atoms with Gasteiger partial charge in [-0.1, -0.05) is 0 Å². The second-order valence-electron chi connectivity index (χ2n) is 5.33. The molecule has 5 N–H and O–H groups in total. The highest BCUT2D eigenvalue weighted by atomic mass is 35.5. The van der Waals surface area contributed by atoms with Gasteiger partial charge >= 0.3 is 0 Å². The molecule has 0 unspecified atom stereocenters. The maximum absolute atomic E-state index is 12.1. The van der Waals surface area contributed by atoms with Crippen molar-refractivity contribution < 1.29 is 14.3 Å². The van der Waals surface area contributed by atoms with Crippen molar-refractivity contribution >= 4 is 24.2 Å². The molecule has 2 amide bonds. The number of hydrogen-bond acceptors (Lipinski definition) is 4. The Morgan fingerprint density at radius 3 is 2.42 bits per heavy atom. The first-order valence-corrected chi connectivity index (χ1v) is 6.50. The molecule has 2 atom stereocenters. The first-order valence-electron chi connectivity index (χ1n) is 6.50. The van der Waals surface area contributed by atoms with Crippen LogP contribution in [0.1, 0.15) is 38.5 Å². The molecular formula is C12H22ClN3O3. The number of halogens is 1. The first-order chi connectivity index (χ1) is 8.54. The third kappa shape index (κ3) is 3.81. The van der Waals surface area contributed by atoms with Crippen molar-refractivity contribution in [2.24, 2.45) is 11.5 Å². The van der Waals surface area contributed by atoms with Crippen molar-refractivity contribution in [2.45, 2.75) is 56.3 Å². The van der Waals surface area contributed by atoms with Crippen LogP contribution in [0.5, 0.6) is 0 Å². The zero-order valence-electron chi connectivity index (χ0n) is 10.9. The summed E-state index contributed by atoms with van der Waals surface area (Å²) in [6, 6.07) is 0. The predicted molar refractivity (Wildman–Crippen MR) is 72.7 cm³/mol. The summed E-state index contributed by atoms with van der Waals surface area (Å²) in [6.07, 6.45) is 3.93. The summed E-state index contributed by atoms with van der Waals surface area (Å²) in [4.78, 5) is 23.1. The summed E-state index contributed by atoms with van der Waals surface area (Å²) in [5.41, 5.74) is 10.3. The lowest BCUT2D eigenvalue weighted by Crippen LogP contribution is -2.57. The minimum Gasteiger partial charge on any atom is -0.370 e. The summed E-state index contributed by atoms with van der Waals surface area (Å²) < 4.78 is 5.54. The summed E-state index contributed by atoms with van der Waals surface area (Å²) in [5.74, 6) is -0.505. The van der Waals surface area contributed by atoms with E-state index in [2.05, 4.69) is 5.32 Å². The van der Waals surface area contributed by atoms with Gasteiger partial charge in [-0.3, -0.25) is 9.59 Å². The van der Waals surface area contributed by atoms with Crippen LogP contribution in [0.15, 0.2) is 0 Å². The van der Waals surface area contributed by atoms with Gasteiger partial charge in [0.05, 0.1) is 6.10 Å². The molecule has 0 radical (unpaired) electrons. The van der Waals surface area contributed by atoms with E-state index in [4.69, 9.17) is 16.2 Å². The smallest absolute Gasteiger partial charge is 0.249 e. The van der Waals surface area contributed by atoms with Crippen molar-refractivity contribution in [3.05, 3.63) is 0 Å². The zero-order chi connectivity index (χ0) is 13.2. The Labute approximate surface area is 119 Å². The van der Waals surface area contributed by atoms with Gasteiger partial charge in [0.15, 0.2) is 0 Å². The van der Waals surface area contributed by atoms with Crippen LogP contribution in [-0.2, 0) is 14.3 Å². The molecule has 1 saturated heterocycles. The molecule has 6 nitrogen and oxygen atoms in total. The van der Waals surface area contributed by atoms with E-state index in [0.29, 0.717) is 13.0 Å². The van der Waals surface area contributed by atoms with Crippen LogP contribution in [0.2, 0.25) is 0 Å². The van der Waals surface area contributed by atoms with Crippen LogP contribution < -0.4 is 16.8 Å². The maximum Gasteiger partial charge on any atom is 0.249 e. The zero-order valence-corrected chi connectivity index (χ0v) is 11.7. The average Bonchev–Trinajstić information content (AvgIpc) is 2.73. The van der Waals surface area contributed by atoms with Crippen molar-refractivity contribution in [3.63, 3.8) is 0 Å². The molecule has 1 saturated carbocycles. The standard InChI is InChI=1S/C12H21N3O3.ClH/c13-7-8-2-3-9(18-8)11(17)15-12(4-1-5-12)6-10(14)16;/h8-9H,1-7,13H2,(H2,14,16)(H,15,17);1H/t8-,9+;/m1./s1. The Balaban J connectivity index is 0.00000180. The highest BCUT2D eigenvalue weighted by Gasteiger charge is 2.42. The number of rotatable bonds is 5. The van der Waals surface area contributed by atoms with Gasteiger partial charge in [-0.05, 0) is 32.1 Å². The molecule has 1 heterocycles. The number of primary amides is 1. The van der Waals surface area contributed by atoms with Gasteiger partial charge in [0, 0.05) is 18.5 Å². The topological polar surface area (TPSA) is 107 Å². The van der Waals surface area contributed by atoms with E-state index < -0.39 is 11.6 Å². The number of carbonyl (C=O) groups is 2. The van der Waals surface area contributed by atoms with Gasteiger partial charge < -0.3 is 21.5 Å². The Kier molecular flexibility index (Phi) is 5.58. The molecule has 0 bridgehead atoms. The molecule has 110 valence electrons. The van der Waals surface area contributed by atoms with Crippen LogP contribution in [0, 0.1) is 0 Å². The largest absolute Gasteiger partial charge is 0.370 e. The highest BCUT2D eigenvalue weighted by Crippen LogP contribution is 2.35. The van der Waals surface area contributed by atoms with E-state index >= 15 is 0 Å². The van der Waals surface area contributed by atoms with Gasteiger partial charge in [-0.25, -0.2) is 0 Å². The quantitative estimate of drug-likeness (QED) is 0.653. The number of ether oxygens (including phenoxy) is 1. The Morgan fingerprint density at radius 1 is 1.32 bits per heavy atom. The summed E-state index contributed by atoms with van der Waals surface area (Å²) in [7, 11) is 0. The average molecular weight is 292 g/mol. The normalized spacial score (nSPS) is 28.1. The molecular weight excluding hydrogens is 270 g/mol. The van der Waals surface area contributed by atoms with Crippen molar-refractivity contribution in [1.29, 1.82) is 0 Å². The lowest BCUT2D eigenvalue weighted by molar-refractivity contribution is -0.135. The fourth-order valence-corrected chi connectivity index (χ4v) is 2.70. The van der Waals surface area contributed by atoms with Crippen LogP contribution in [0.3, 0.4) is 0 Å². The second kappa shape index (κ2) is 6.54. The fraction of sp³-hybridized carbons (Fsp3) is 0.833. The van der Waals surface area contributed by atoms with Crippen LogP contribution in [0.25, 0.3) is 0 Å². The summed E-state index contributed by atoms with van der Waals surface area (Å²) in [5, 5.41) is 2.94. The second-order valence-corrected chi connectivity index (χ2v) is 5.33. The van der Waals surface area contributed by atoms with Gasteiger partial charge in [0.2, 0.25) is 11.8 Å². The predicted octanol–water partition coefficient (Wildman–Crippen LogP) is -0.171. The highest BCUT2D eigenvalue weighted by molar-refractivity contribution is 5.85. The number of hydrogen-bond donors (Lipinski definition) is 3. The third-order valence-corrected chi connectivity index (χ3v) is 3.87. The van der Waals surface area contributed by atoms with Gasteiger partial charge in [-0.15, -0.1) is 12.4 Å². The van der Waals surface area contributed by atoms with E-state index in [1.54, 1.807) is 0 Å². The van der Waals surface area contributed by atoms with Crippen molar-refractivity contribution in [3.8, 4) is 0 Å².